The molecule has 7 nitrogen and oxygen atoms in total. The normalized spacial score (nSPS) is 10.8. The van der Waals surface area contributed by atoms with Gasteiger partial charge in [-0.3, -0.25) is 4.79 Å². The van der Waals surface area contributed by atoms with Crippen LogP contribution in [0.1, 0.15) is 37.1 Å². The summed E-state index contributed by atoms with van der Waals surface area (Å²) in [5, 5.41) is 5.85. The first-order chi connectivity index (χ1) is 13.9. The number of esters is 1. The maximum absolute atomic E-state index is 12.8. The van der Waals surface area contributed by atoms with Gasteiger partial charge in [0.1, 0.15) is 12.3 Å². The minimum absolute atomic E-state index is 0.157. The summed E-state index contributed by atoms with van der Waals surface area (Å²) >= 11 is 1.58. The lowest BCUT2D eigenvalue weighted by Gasteiger charge is -2.07. The Kier molecular flexibility index (Phi) is 6.46. The quantitative estimate of drug-likeness (QED) is 0.449. The van der Waals surface area contributed by atoms with Crippen molar-refractivity contribution in [3.8, 4) is 11.3 Å². The highest BCUT2D eigenvalue weighted by molar-refractivity contribution is 7.09. The van der Waals surface area contributed by atoms with Gasteiger partial charge in [0.2, 0.25) is 0 Å². The maximum atomic E-state index is 12.8. The van der Waals surface area contributed by atoms with Crippen molar-refractivity contribution in [1.82, 2.24) is 9.97 Å². The number of thiazole rings is 1. The zero-order chi connectivity index (χ0) is 21.0. The van der Waals surface area contributed by atoms with E-state index in [0.717, 1.165) is 16.3 Å². The van der Waals surface area contributed by atoms with Crippen LogP contribution in [0.2, 0.25) is 0 Å². The Bertz CT molecular complexity index is 1040. The summed E-state index contributed by atoms with van der Waals surface area (Å²) in [6.07, 6.45) is 0. The molecule has 3 aromatic rings. The number of nitrogens with one attached hydrogen (secondary N) is 2. The molecule has 2 aromatic heterocycles. The number of hydrogen-bond acceptors (Lipinski definition) is 6. The van der Waals surface area contributed by atoms with Crippen LogP contribution in [0.3, 0.4) is 0 Å². The lowest BCUT2D eigenvalue weighted by molar-refractivity contribution is 0.0387. The van der Waals surface area contributed by atoms with Crippen LogP contribution in [-0.2, 0) is 9.47 Å². The summed E-state index contributed by atoms with van der Waals surface area (Å²) < 4.78 is 10.1. The number of anilines is 1. The number of ether oxygens (including phenoxy) is 2. The number of carbonyl (C=O) groups is 2. The minimum Gasteiger partial charge on any atom is -0.460 e. The monoisotopic (exact) mass is 413 g/mol. The number of aromatic nitrogens is 2. The Balaban J connectivity index is 1.78. The second-order valence-corrected chi connectivity index (χ2v) is 7.60. The van der Waals surface area contributed by atoms with Crippen molar-refractivity contribution >= 4 is 28.9 Å². The smallest absolute Gasteiger partial charge is 0.340 e. The molecular weight excluding hydrogens is 390 g/mol. The van der Waals surface area contributed by atoms with Gasteiger partial charge in [0.05, 0.1) is 22.9 Å². The fraction of sp³-hybridized carbons (Fsp3) is 0.286. The van der Waals surface area contributed by atoms with Crippen LogP contribution in [0, 0.1) is 20.8 Å². The van der Waals surface area contributed by atoms with Gasteiger partial charge in [-0.05, 0) is 38.5 Å². The molecule has 29 heavy (non-hydrogen) atoms. The standard InChI is InChI=1S/C21H23N3O4S/c1-12-18(21(26)28-9-8-27-4)13(2)22-19(12)20(25)24-16-7-5-6-15(10-16)17-11-29-14(3)23-17/h5-7,10-11,22H,8-9H2,1-4H3,(H,24,25). The van der Waals surface area contributed by atoms with Gasteiger partial charge in [0.25, 0.3) is 5.91 Å². The van der Waals surface area contributed by atoms with Crippen molar-refractivity contribution in [2.45, 2.75) is 20.8 Å². The van der Waals surface area contributed by atoms with Gasteiger partial charge in [-0.15, -0.1) is 11.3 Å². The van der Waals surface area contributed by atoms with Gasteiger partial charge in [-0.1, -0.05) is 12.1 Å². The van der Waals surface area contributed by atoms with Crippen molar-refractivity contribution in [2.75, 3.05) is 25.6 Å². The van der Waals surface area contributed by atoms with E-state index in [-0.39, 0.29) is 12.5 Å². The zero-order valence-corrected chi connectivity index (χ0v) is 17.6. The number of aromatic amines is 1. The van der Waals surface area contributed by atoms with Crippen LogP contribution >= 0.6 is 11.3 Å². The molecule has 0 radical (unpaired) electrons. The Morgan fingerprint density at radius 3 is 2.69 bits per heavy atom. The fourth-order valence-corrected chi connectivity index (χ4v) is 3.64. The van der Waals surface area contributed by atoms with E-state index in [1.807, 2.05) is 36.6 Å². The first kappa shape index (κ1) is 20.8. The Morgan fingerprint density at radius 2 is 2.00 bits per heavy atom. The number of aryl methyl sites for hydroxylation is 2. The van der Waals surface area contributed by atoms with E-state index in [9.17, 15) is 9.59 Å². The molecule has 2 N–H and O–H groups in total. The van der Waals surface area contributed by atoms with E-state index in [1.165, 1.54) is 7.11 Å². The number of H-pyrrole nitrogens is 1. The summed E-state index contributed by atoms with van der Waals surface area (Å²) in [4.78, 5) is 32.6. The maximum Gasteiger partial charge on any atom is 0.340 e. The molecule has 0 unspecified atom stereocenters. The lowest BCUT2D eigenvalue weighted by atomic mass is 10.1. The predicted molar refractivity (Wildman–Crippen MR) is 113 cm³/mol. The SMILES string of the molecule is COCCOC(=O)c1c(C)[nH]c(C(=O)Nc2cccc(-c3csc(C)n3)c2)c1C. The summed E-state index contributed by atoms with van der Waals surface area (Å²) in [6, 6.07) is 7.50. The average molecular weight is 413 g/mol. The highest BCUT2D eigenvalue weighted by atomic mass is 32.1. The Hall–Kier alpha value is -2.97. The van der Waals surface area contributed by atoms with Crippen LogP contribution in [0.15, 0.2) is 29.6 Å². The second kappa shape index (κ2) is 9.02. The number of methoxy groups -OCH3 is 1. The summed E-state index contributed by atoms with van der Waals surface area (Å²) in [6.45, 7) is 5.88. The Labute approximate surface area is 173 Å². The van der Waals surface area contributed by atoms with Gasteiger partial charge in [0.15, 0.2) is 0 Å². The third kappa shape index (κ3) is 4.72. The van der Waals surface area contributed by atoms with Gasteiger partial charge < -0.3 is 19.8 Å². The molecule has 0 spiro atoms. The van der Waals surface area contributed by atoms with Crippen LogP contribution in [0.5, 0.6) is 0 Å². The molecule has 2 heterocycles. The van der Waals surface area contributed by atoms with Crippen LogP contribution in [0.25, 0.3) is 11.3 Å². The van der Waals surface area contributed by atoms with Crippen LogP contribution in [0.4, 0.5) is 5.69 Å². The molecule has 0 saturated carbocycles. The molecule has 0 fully saturated rings. The van der Waals surface area contributed by atoms with E-state index >= 15 is 0 Å². The lowest BCUT2D eigenvalue weighted by Crippen LogP contribution is -2.14. The number of amides is 1. The molecule has 0 aliphatic carbocycles. The molecule has 8 heteroatoms. The van der Waals surface area contributed by atoms with Gasteiger partial charge in [-0.25, -0.2) is 9.78 Å². The van der Waals surface area contributed by atoms with E-state index in [0.29, 0.717) is 34.8 Å². The van der Waals surface area contributed by atoms with Gasteiger partial charge in [0, 0.05) is 29.4 Å². The van der Waals surface area contributed by atoms with Crippen molar-refractivity contribution in [3.63, 3.8) is 0 Å². The summed E-state index contributed by atoms with van der Waals surface area (Å²) in [5.74, 6) is -0.804. The number of hydrogen-bond donors (Lipinski definition) is 2. The molecule has 0 aliphatic rings. The number of carbonyl (C=O) groups excluding carboxylic acids is 2. The van der Waals surface area contributed by atoms with Crippen molar-refractivity contribution < 1.29 is 19.1 Å². The number of benzene rings is 1. The topological polar surface area (TPSA) is 93.3 Å². The fourth-order valence-electron chi connectivity index (χ4n) is 3.02. The van der Waals surface area contributed by atoms with E-state index in [4.69, 9.17) is 9.47 Å². The third-order valence-corrected chi connectivity index (χ3v) is 5.20. The zero-order valence-electron chi connectivity index (χ0n) is 16.8. The average Bonchev–Trinajstić information content (AvgIpc) is 3.25. The first-order valence-corrected chi connectivity index (χ1v) is 9.97. The van der Waals surface area contributed by atoms with Gasteiger partial charge in [-0.2, -0.15) is 0 Å². The molecule has 0 atom stereocenters. The van der Waals surface area contributed by atoms with Crippen LogP contribution < -0.4 is 5.32 Å². The largest absolute Gasteiger partial charge is 0.460 e. The Morgan fingerprint density at radius 1 is 1.21 bits per heavy atom. The molecule has 0 saturated heterocycles. The number of rotatable bonds is 7. The van der Waals surface area contributed by atoms with Crippen molar-refractivity contribution in [1.29, 1.82) is 0 Å². The van der Waals surface area contributed by atoms with Crippen LogP contribution in [-0.4, -0.2) is 42.2 Å². The molecule has 3 rings (SSSR count). The third-order valence-electron chi connectivity index (χ3n) is 4.42. The summed E-state index contributed by atoms with van der Waals surface area (Å²) in [5.41, 5.74) is 4.28. The molecule has 0 bridgehead atoms. The molecule has 152 valence electrons. The first-order valence-electron chi connectivity index (χ1n) is 9.10. The molecule has 0 aliphatic heterocycles. The second-order valence-electron chi connectivity index (χ2n) is 6.54. The van der Waals surface area contributed by atoms with E-state index in [1.54, 1.807) is 25.2 Å². The highest BCUT2D eigenvalue weighted by Gasteiger charge is 2.23. The molecule has 1 aromatic carbocycles. The number of nitrogens with zero attached hydrogens (tertiary/aromatic N) is 1. The summed E-state index contributed by atoms with van der Waals surface area (Å²) in [7, 11) is 1.54. The highest BCUT2D eigenvalue weighted by Crippen LogP contribution is 2.25. The van der Waals surface area contributed by atoms with Crippen molar-refractivity contribution in [3.05, 3.63) is 57.2 Å². The van der Waals surface area contributed by atoms with Gasteiger partial charge >= 0.3 is 5.97 Å². The van der Waals surface area contributed by atoms with E-state index < -0.39 is 5.97 Å². The predicted octanol–water partition coefficient (Wildman–Crippen LogP) is 4.12. The van der Waals surface area contributed by atoms with E-state index in [2.05, 4.69) is 15.3 Å². The molecular formula is C21H23N3O4S. The minimum atomic E-state index is -0.478. The molecule has 1 amide bonds. The van der Waals surface area contributed by atoms with Crippen molar-refractivity contribution in [2.24, 2.45) is 0 Å².